The fourth-order valence-corrected chi connectivity index (χ4v) is 3.61. The van der Waals surface area contributed by atoms with Gasteiger partial charge in [0.05, 0.1) is 5.92 Å². The molecule has 1 aromatic rings. The number of ether oxygens (including phenoxy) is 1. The predicted octanol–water partition coefficient (Wildman–Crippen LogP) is 6.48. The summed E-state index contributed by atoms with van der Waals surface area (Å²) in [4.78, 5) is 0. The summed E-state index contributed by atoms with van der Waals surface area (Å²) in [5.41, 5.74) is -1.48. The van der Waals surface area contributed by atoms with Crippen molar-refractivity contribution in [1.29, 1.82) is 0 Å². The molecule has 0 radical (unpaired) electrons. The molecule has 1 aliphatic heterocycles. The lowest BCUT2D eigenvalue weighted by atomic mass is 9.84. The van der Waals surface area contributed by atoms with Crippen LogP contribution < -0.4 is 4.74 Å². The largest absolute Gasteiger partial charge is 0.507 e. The number of rotatable bonds is 4. The molecule has 0 saturated heterocycles. The molecule has 0 spiro atoms. The summed E-state index contributed by atoms with van der Waals surface area (Å²) in [6, 6.07) is 0. The molecule has 8 heteroatoms. The number of fused-ring (bicyclic) bond motifs is 1. The van der Waals surface area contributed by atoms with E-state index in [9.17, 15) is 31.4 Å². The first kappa shape index (κ1) is 21.7. The minimum atomic E-state index is -4.73. The molecule has 0 saturated carbocycles. The summed E-state index contributed by atoms with van der Waals surface area (Å²) in [5.74, 6) is -2.13. The van der Waals surface area contributed by atoms with Gasteiger partial charge in [0, 0.05) is 11.1 Å². The van der Waals surface area contributed by atoms with E-state index in [0.717, 1.165) is 6.92 Å². The SMILES string of the molecule is Cc1c(O)c(C(F)(F)F)c(C)c2c1CCC(C)(CCCC(C)C(F)(F)F)O2. The number of halogens is 6. The molecule has 2 rings (SSSR count). The fourth-order valence-electron chi connectivity index (χ4n) is 3.61. The highest BCUT2D eigenvalue weighted by Crippen LogP contribution is 2.49. The molecule has 0 amide bonds. The lowest BCUT2D eigenvalue weighted by Gasteiger charge is -2.38. The lowest BCUT2D eigenvalue weighted by molar-refractivity contribution is -0.171. The second-order valence-corrected chi connectivity index (χ2v) is 7.67. The van der Waals surface area contributed by atoms with Crippen molar-refractivity contribution in [1.82, 2.24) is 0 Å². The third-order valence-electron chi connectivity index (χ3n) is 5.47. The molecule has 0 bridgehead atoms. The Morgan fingerprint density at radius 1 is 1.11 bits per heavy atom. The zero-order valence-corrected chi connectivity index (χ0v) is 15.7. The Morgan fingerprint density at radius 2 is 1.70 bits per heavy atom. The Hall–Kier alpha value is -1.60. The molecule has 2 nitrogen and oxygen atoms in total. The van der Waals surface area contributed by atoms with E-state index in [1.54, 1.807) is 6.92 Å². The summed E-state index contributed by atoms with van der Waals surface area (Å²) >= 11 is 0. The standard InChI is InChI=1S/C19H24F6O2/c1-10(18(20,21)22)6-5-8-17(4)9-7-13-11(2)15(26)14(19(23,24)25)12(3)16(13)27-17/h10,26H,5-9H2,1-4H3. The number of hydrogen-bond donors (Lipinski definition) is 1. The first-order valence-electron chi connectivity index (χ1n) is 8.85. The minimum Gasteiger partial charge on any atom is -0.507 e. The van der Waals surface area contributed by atoms with E-state index in [1.165, 1.54) is 13.8 Å². The average Bonchev–Trinajstić information content (AvgIpc) is 2.50. The number of benzene rings is 1. The van der Waals surface area contributed by atoms with Gasteiger partial charge in [-0.1, -0.05) is 6.92 Å². The van der Waals surface area contributed by atoms with E-state index in [0.29, 0.717) is 24.8 Å². The van der Waals surface area contributed by atoms with Crippen LogP contribution in [0.15, 0.2) is 0 Å². The van der Waals surface area contributed by atoms with Crippen molar-refractivity contribution in [3.05, 3.63) is 22.3 Å². The molecule has 0 aromatic heterocycles. The Balaban J connectivity index is 2.25. The zero-order chi connectivity index (χ0) is 20.8. The molecule has 1 aliphatic rings. The first-order valence-corrected chi connectivity index (χ1v) is 8.85. The second kappa shape index (κ2) is 7.09. The van der Waals surface area contributed by atoms with E-state index in [4.69, 9.17) is 4.74 Å². The van der Waals surface area contributed by atoms with Crippen LogP contribution in [-0.4, -0.2) is 16.9 Å². The maximum atomic E-state index is 13.3. The highest BCUT2D eigenvalue weighted by Gasteiger charge is 2.42. The lowest BCUT2D eigenvalue weighted by Crippen LogP contribution is -2.37. The minimum absolute atomic E-state index is 0.0588. The van der Waals surface area contributed by atoms with Crippen molar-refractivity contribution in [3.63, 3.8) is 0 Å². The summed E-state index contributed by atoms with van der Waals surface area (Å²) in [6.45, 7) is 5.49. The van der Waals surface area contributed by atoms with Crippen LogP contribution in [0.3, 0.4) is 0 Å². The number of phenolic OH excluding ortho intramolecular Hbond substituents is 1. The molecule has 154 valence electrons. The van der Waals surface area contributed by atoms with E-state index in [2.05, 4.69) is 0 Å². The van der Waals surface area contributed by atoms with Gasteiger partial charge in [0.2, 0.25) is 0 Å². The second-order valence-electron chi connectivity index (χ2n) is 7.67. The maximum absolute atomic E-state index is 13.3. The molecule has 1 heterocycles. The van der Waals surface area contributed by atoms with Crippen LogP contribution in [0.1, 0.15) is 61.8 Å². The van der Waals surface area contributed by atoms with Crippen LogP contribution in [0.25, 0.3) is 0 Å². The van der Waals surface area contributed by atoms with Crippen molar-refractivity contribution >= 4 is 0 Å². The van der Waals surface area contributed by atoms with Gasteiger partial charge in [-0.15, -0.1) is 0 Å². The smallest absolute Gasteiger partial charge is 0.420 e. The molecule has 1 aromatic carbocycles. The molecule has 0 aliphatic carbocycles. The number of hydrogen-bond acceptors (Lipinski definition) is 2. The van der Waals surface area contributed by atoms with Gasteiger partial charge in [0.25, 0.3) is 0 Å². The molecule has 27 heavy (non-hydrogen) atoms. The molecular formula is C19H24F6O2. The predicted molar refractivity (Wildman–Crippen MR) is 89.0 cm³/mol. The van der Waals surface area contributed by atoms with Crippen LogP contribution in [0.2, 0.25) is 0 Å². The molecule has 0 fully saturated rings. The van der Waals surface area contributed by atoms with Crippen LogP contribution in [-0.2, 0) is 12.6 Å². The summed E-state index contributed by atoms with van der Waals surface area (Å²) < 4.78 is 83.8. The highest BCUT2D eigenvalue weighted by atomic mass is 19.4. The van der Waals surface area contributed by atoms with E-state index >= 15 is 0 Å². The van der Waals surface area contributed by atoms with Gasteiger partial charge >= 0.3 is 12.4 Å². The van der Waals surface area contributed by atoms with Gasteiger partial charge in [0.15, 0.2) is 0 Å². The number of aromatic hydroxyl groups is 1. The maximum Gasteiger partial charge on any atom is 0.420 e. The molecule has 2 atom stereocenters. The Bertz CT molecular complexity index is 708. The Kier molecular flexibility index (Phi) is 5.70. The van der Waals surface area contributed by atoms with Gasteiger partial charge in [-0.25, -0.2) is 0 Å². The highest BCUT2D eigenvalue weighted by molar-refractivity contribution is 5.59. The molecular weight excluding hydrogens is 374 g/mol. The zero-order valence-electron chi connectivity index (χ0n) is 15.7. The van der Waals surface area contributed by atoms with Crippen LogP contribution >= 0.6 is 0 Å². The van der Waals surface area contributed by atoms with Crippen LogP contribution in [0.5, 0.6) is 11.5 Å². The van der Waals surface area contributed by atoms with Crippen molar-refractivity contribution < 1.29 is 36.2 Å². The van der Waals surface area contributed by atoms with Crippen molar-refractivity contribution in [2.75, 3.05) is 0 Å². The Labute approximate surface area is 154 Å². The summed E-state index contributed by atoms with van der Waals surface area (Å²) in [5, 5.41) is 10.00. The fraction of sp³-hybridized carbons (Fsp3) is 0.684. The molecule has 2 unspecified atom stereocenters. The normalized spacial score (nSPS) is 21.6. The summed E-state index contributed by atoms with van der Waals surface area (Å²) in [6.07, 6.45) is -7.61. The van der Waals surface area contributed by atoms with Gasteiger partial charge in [-0.2, -0.15) is 26.3 Å². The third-order valence-corrected chi connectivity index (χ3v) is 5.47. The van der Waals surface area contributed by atoms with Crippen LogP contribution in [0.4, 0.5) is 26.3 Å². The van der Waals surface area contributed by atoms with Gasteiger partial charge in [-0.05, 0) is 58.4 Å². The quantitative estimate of drug-likeness (QED) is 0.588. The van der Waals surface area contributed by atoms with Crippen molar-refractivity contribution in [3.8, 4) is 11.5 Å². The topological polar surface area (TPSA) is 29.5 Å². The summed E-state index contributed by atoms with van der Waals surface area (Å²) in [7, 11) is 0. The van der Waals surface area contributed by atoms with Crippen LogP contribution in [0, 0.1) is 19.8 Å². The van der Waals surface area contributed by atoms with Gasteiger partial charge in [0.1, 0.15) is 22.7 Å². The average molecular weight is 398 g/mol. The van der Waals surface area contributed by atoms with E-state index < -0.39 is 35.2 Å². The van der Waals surface area contributed by atoms with E-state index in [1.807, 2.05) is 0 Å². The molecule has 1 N–H and O–H groups in total. The van der Waals surface area contributed by atoms with Crippen molar-refractivity contribution in [2.24, 2.45) is 5.92 Å². The van der Waals surface area contributed by atoms with Crippen molar-refractivity contribution in [2.45, 2.75) is 77.8 Å². The van der Waals surface area contributed by atoms with Gasteiger partial charge in [-0.3, -0.25) is 0 Å². The monoisotopic (exact) mass is 398 g/mol. The Morgan fingerprint density at radius 3 is 2.22 bits per heavy atom. The first-order chi connectivity index (χ1) is 12.2. The van der Waals surface area contributed by atoms with Gasteiger partial charge < -0.3 is 9.84 Å². The third kappa shape index (κ3) is 4.46. The number of alkyl halides is 6. The van der Waals surface area contributed by atoms with E-state index in [-0.39, 0.29) is 29.7 Å². The number of phenols is 1.